The molecule has 0 fully saturated rings. The third-order valence-corrected chi connectivity index (χ3v) is 2.64. The van der Waals surface area contributed by atoms with E-state index in [0.717, 1.165) is 6.29 Å². The second kappa shape index (κ2) is 4.37. The maximum Gasteiger partial charge on any atom is 0.150 e. The van der Waals surface area contributed by atoms with Crippen LogP contribution in [-0.4, -0.2) is 11.4 Å². The van der Waals surface area contributed by atoms with Gasteiger partial charge in [0.1, 0.15) is 12.0 Å². The van der Waals surface area contributed by atoms with Crippen molar-refractivity contribution in [2.75, 3.05) is 0 Å². The van der Waals surface area contributed by atoms with Crippen molar-refractivity contribution in [3.63, 3.8) is 0 Å². The fraction of sp³-hybridized carbons (Fsp3) is 0. The van der Waals surface area contributed by atoms with Crippen LogP contribution in [0.5, 0.6) is 5.75 Å². The highest BCUT2D eigenvalue weighted by Crippen LogP contribution is 2.34. The number of para-hydroxylation sites is 1. The van der Waals surface area contributed by atoms with Gasteiger partial charge in [0.2, 0.25) is 0 Å². The first-order valence-electron chi connectivity index (χ1n) is 4.75. The number of aldehydes is 1. The lowest BCUT2D eigenvalue weighted by atomic mass is 10.0. The maximum atomic E-state index is 10.6. The van der Waals surface area contributed by atoms with Crippen LogP contribution in [0.25, 0.3) is 11.1 Å². The Kier molecular flexibility index (Phi) is 2.93. The van der Waals surface area contributed by atoms with Crippen molar-refractivity contribution >= 4 is 17.9 Å². The molecule has 0 aliphatic rings. The van der Waals surface area contributed by atoms with Crippen LogP contribution in [0.2, 0.25) is 5.02 Å². The molecule has 1 N–H and O–H groups in total. The summed E-state index contributed by atoms with van der Waals surface area (Å²) in [5, 5.41) is 10.1. The predicted octanol–water partition coefficient (Wildman–Crippen LogP) is 3.53. The van der Waals surface area contributed by atoms with E-state index in [1.54, 1.807) is 36.4 Å². The molecule has 0 spiro atoms. The summed E-state index contributed by atoms with van der Waals surface area (Å²) in [6, 6.07) is 11.9. The molecule has 0 radical (unpaired) electrons. The normalized spacial score (nSPS) is 10.1. The number of carbonyl (C=O) groups excluding carboxylic acids is 1. The summed E-state index contributed by atoms with van der Waals surface area (Å²) in [5.41, 5.74) is 1.89. The van der Waals surface area contributed by atoms with Gasteiger partial charge in [-0.15, -0.1) is 0 Å². The fourth-order valence-electron chi connectivity index (χ4n) is 1.52. The van der Waals surface area contributed by atoms with Gasteiger partial charge in [-0.3, -0.25) is 4.79 Å². The second-order valence-corrected chi connectivity index (χ2v) is 3.78. The lowest BCUT2D eigenvalue weighted by Gasteiger charge is -2.06. The zero-order chi connectivity index (χ0) is 11.5. The first-order valence-corrected chi connectivity index (χ1v) is 5.13. The molecule has 3 heteroatoms. The molecule has 0 aliphatic carbocycles. The monoisotopic (exact) mass is 232 g/mol. The van der Waals surface area contributed by atoms with Gasteiger partial charge in [0.25, 0.3) is 0 Å². The summed E-state index contributed by atoms with van der Waals surface area (Å²) in [5.74, 6) is 0.170. The van der Waals surface area contributed by atoms with Gasteiger partial charge in [-0.05, 0) is 12.1 Å². The standard InChI is InChI=1S/C13H9ClO2/c14-12-7-9(8-15)5-6-10(12)11-3-1-2-4-13(11)16/h1-8,16H. The number of halogens is 1. The summed E-state index contributed by atoms with van der Waals surface area (Å²) in [7, 11) is 0. The molecular formula is C13H9ClO2. The Morgan fingerprint density at radius 3 is 2.44 bits per heavy atom. The van der Waals surface area contributed by atoms with E-state index in [4.69, 9.17) is 11.6 Å². The fourth-order valence-corrected chi connectivity index (χ4v) is 1.82. The zero-order valence-corrected chi connectivity index (χ0v) is 9.11. The largest absolute Gasteiger partial charge is 0.507 e. The minimum atomic E-state index is 0.170. The minimum absolute atomic E-state index is 0.170. The highest BCUT2D eigenvalue weighted by Gasteiger charge is 2.07. The van der Waals surface area contributed by atoms with Gasteiger partial charge in [-0.2, -0.15) is 0 Å². The summed E-state index contributed by atoms with van der Waals surface area (Å²) in [6.07, 6.45) is 0.737. The van der Waals surface area contributed by atoms with E-state index in [0.29, 0.717) is 21.7 Å². The molecule has 2 aromatic carbocycles. The molecule has 0 saturated heterocycles. The van der Waals surface area contributed by atoms with Crippen molar-refractivity contribution in [2.45, 2.75) is 0 Å². The van der Waals surface area contributed by atoms with Crippen LogP contribution in [0.15, 0.2) is 42.5 Å². The van der Waals surface area contributed by atoms with Crippen LogP contribution in [0.3, 0.4) is 0 Å². The van der Waals surface area contributed by atoms with E-state index < -0.39 is 0 Å². The Balaban J connectivity index is 2.57. The Bertz CT molecular complexity index is 535. The molecule has 0 bridgehead atoms. The van der Waals surface area contributed by atoms with E-state index in [-0.39, 0.29) is 5.75 Å². The van der Waals surface area contributed by atoms with Crippen molar-refractivity contribution in [2.24, 2.45) is 0 Å². The van der Waals surface area contributed by atoms with Crippen LogP contribution in [0.4, 0.5) is 0 Å². The van der Waals surface area contributed by atoms with Crippen LogP contribution < -0.4 is 0 Å². The highest BCUT2D eigenvalue weighted by atomic mass is 35.5. The Labute approximate surface area is 98.1 Å². The molecule has 2 nitrogen and oxygen atoms in total. The van der Waals surface area contributed by atoms with Crippen molar-refractivity contribution in [3.8, 4) is 16.9 Å². The summed E-state index contributed by atoms with van der Waals surface area (Å²) < 4.78 is 0. The number of aromatic hydroxyl groups is 1. The molecule has 0 heterocycles. The number of phenols is 1. The average Bonchev–Trinajstić information content (AvgIpc) is 2.30. The minimum Gasteiger partial charge on any atom is -0.507 e. The van der Waals surface area contributed by atoms with Crippen molar-refractivity contribution < 1.29 is 9.90 Å². The molecule has 0 aromatic heterocycles. The Morgan fingerprint density at radius 1 is 1.06 bits per heavy atom. The lowest BCUT2D eigenvalue weighted by molar-refractivity contribution is 0.112. The zero-order valence-electron chi connectivity index (χ0n) is 8.35. The van der Waals surface area contributed by atoms with E-state index >= 15 is 0 Å². The first-order chi connectivity index (χ1) is 7.72. The molecule has 0 amide bonds. The molecule has 2 aromatic rings. The van der Waals surface area contributed by atoms with Crippen LogP contribution in [0.1, 0.15) is 10.4 Å². The van der Waals surface area contributed by atoms with Crippen LogP contribution in [0, 0.1) is 0 Å². The number of benzene rings is 2. The van der Waals surface area contributed by atoms with Gasteiger partial charge in [0.05, 0.1) is 0 Å². The molecule has 0 aliphatic heterocycles. The van der Waals surface area contributed by atoms with E-state index in [9.17, 15) is 9.90 Å². The van der Waals surface area contributed by atoms with Crippen molar-refractivity contribution in [1.82, 2.24) is 0 Å². The van der Waals surface area contributed by atoms with E-state index in [2.05, 4.69) is 0 Å². The van der Waals surface area contributed by atoms with Gasteiger partial charge in [0.15, 0.2) is 0 Å². The van der Waals surface area contributed by atoms with Crippen LogP contribution in [-0.2, 0) is 0 Å². The summed E-state index contributed by atoms with van der Waals surface area (Å²) in [4.78, 5) is 10.6. The third-order valence-electron chi connectivity index (χ3n) is 2.32. The molecule has 0 saturated carbocycles. The predicted molar refractivity (Wildman–Crippen MR) is 63.9 cm³/mol. The molecule has 16 heavy (non-hydrogen) atoms. The molecule has 80 valence electrons. The molecule has 0 atom stereocenters. The maximum absolute atomic E-state index is 10.6. The SMILES string of the molecule is O=Cc1ccc(-c2ccccc2O)c(Cl)c1. The Hall–Kier alpha value is -1.80. The second-order valence-electron chi connectivity index (χ2n) is 3.37. The first kappa shape index (κ1) is 10.7. The van der Waals surface area contributed by atoms with Crippen LogP contribution >= 0.6 is 11.6 Å². The smallest absolute Gasteiger partial charge is 0.150 e. The van der Waals surface area contributed by atoms with Gasteiger partial charge in [-0.25, -0.2) is 0 Å². The lowest BCUT2D eigenvalue weighted by Crippen LogP contribution is -1.84. The van der Waals surface area contributed by atoms with Crippen molar-refractivity contribution in [3.05, 3.63) is 53.1 Å². The molecular weight excluding hydrogens is 224 g/mol. The van der Waals surface area contributed by atoms with E-state index in [1.165, 1.54) is 0 Å². The Morgan fingerprint density at radius 2 is 1.81 bits per heavy atom. The summed E-state index contributed by atoms with van der Waals surface area (Å²) in [6.45, 7) is 0. The number of hydrogen-bond donors (Lipinski definition) is 1. The van der Waals surface area contributed by atoms with E-state index in [1.807, 2.05) is 6.07 Å². The highest BCUT2D eigenvalue weighted by molar-refractivity contribution is 6.33. The number of phenolic OH excluding ortho intramolecular Hbond substituents is 1. The summed E-state index contributed by atoms with van der Waals surface area (Å²) >= 11 is 6.04. The van der Waals surface area contributed by atoms with Gasteiger partial charge >= 0.3 is 0 Å². The number of carbonyl (C=O) groups is 1. The molecule has 2 rings (SSSR count). The number of hydrogen-bond acceptors (Lipinski definition) is 2. The topological polar surface area (TPSA) is 37.3 Å². The van der Waals surface area contributed by atoms with Gasteiger partial charge in [0, 0.05) is 21.7 Å². The number of rotatable bonds is 2. The quantitative estimate of drug-likeness (QED) is 0.805. The van der Waals surface area contributed by atoms with Gasteiger partial charge < -0.3 is 5.11 Å². The third kappa shape index (κ3) is 1.92. The average molecular weight is 233 g/mol. The van der Waals surface area contributed by atoms with Gasteiger partial charge in [-0.1, -0.05) is 41.9 Å². The molecule has 0 unspecified atom stereocenters. The van der Waals surface area contributed by atoms with Crippen molar-refractivity contribution in [1.29, 1.82) is 0 Å².